The number of amides is 1. The summed E-state index contributed by atoms with van der Waals surface area (Å²) in [6.07, 6.45) is 0.471. The predicted molar refractivity (Wildman–Crippen MR) is 96.8 cm³/mol. The molecule has 0 aromatic heterocycles. The van der Waals surface area contributed by atoms with Crippen molar-refractivity contribution in [3.05, 3.63) is 47.5 Å². The first-order valence-corrected chi connectivity index (χ1v) is 8.08. The Kier molecular flexibility index (Phi) is 4.97. The number of nitrogens with zero attached hydrogens (tertiary/aromatic N) is 1. The van der Waals surface area contributed by atoms with Gasteiger partial charge in [-0.25, -0.2) is 4.79 Å². The average Bonchev–Trinajstić information content (AvgIpc) is 2.66. The zero-order valence-electron chi connectivity index (χ0n) is 14.7. The Morgan fingerprint density at radius 1 is 1.00 bits per heavy atom. The predicted octanol–water partition coefficient (Wildman–Crippen LogP) is 3.44. The lowest BCUT2D eigenvalue weighted by Crippen LogP contribution is -2.30. The highest BCUT2D eigenvalue weighted by molar-refractivity contribution is 5.84. The molecule has 1 aliphatic rings. The second-order valence-corrected chi connectivity index (χ2v) is 5.81. The summed E-state index contributed by atoms with van der Waals surface area (Å²) in [4.78, 5) is 13.6. The van der Waals surface area contributed by atoms with Gasteiger partial charge in [0.05, 0.1) is 21.3 Å². The van der Waals surface area contributed by atoms with Gasteiger partial charge in [0.15, 0.2) is 11.5 Å². The number of hydrogen-bond donors (Lipinski definition) is 1. The van der Waals surface area contributed by atoms with Gasteiger partial charge in [-0.05, 0) is 53.9 Å². The Morgan fingerprint density at radius 2 is 1.64 bits per heavy atom. The van der Waals surface area contributed by atoms with E-state index in [0.29, 0.717) is 5.69 Å². The maximum absolute atomic E-state index is 11.3. The molecular formula is C19H22N2O4. The number of fused-ring (bicyclic) bond motifs is 1. The summed E-state index contributed by atoms with van der Waals surface area (Å²) < 4.78 is 15.4. The molecule has 0 spiro atoms. The van der Waals surface area contributed by atoms with Gasteiger partial charge in [0.1, 0.15) is 0 Å². The number of methoxy groups -OCH3 is 3. The van der Waals surface area contributed by atoms with Crippen molar-refractivity contribution in [1.29, 1.82) is 0 Å². The quantitative estimate of drug-likeness (QED) is 0.922. The summed E-state index contributed by atoms with van der Waals surface area (Å²) in [5.41, 5.74) is 4.34. The summed E-state index contributed by atoms with van der Waals surface area (Å²) in [6.45, 7) is 1.73. The van der Waals surface area contributed by atoms with Crippen LogP contribution < -0.4 is 19.7 Å². The highest BCUT2D eigenvalue weighted by atomic mass is 16.5. The average molecular weight is 342 g/mol. The van der Waals surface area contributed by atoms with Gasteiger partial charge in [-0.2, -0.15) is 0 Å². The Labute approximate surface area is 147 Å². The molecule has 0 radical (unpaired) electrons. The molecule has 1 aliphatic heterocycles. The lowest BCUT2D eigenvalue weighted by atomic mass is 9.98. The van der Waals surface area contributed by atoms with Crippen molar-refractivity contribution >= 4 is 17.5 Å². The van der Waals surface area contributed by atoms with Crippen LogP contribution in [0.25, 0.3) is 0 Å². The molecule has 0 bridgehead atoms. The summed E-state index contributed by atoms with van der Waals surface area (Å²) >= 11 is 0. The van der Waals surface area contributed by atoms with Gasteiger partial charge in [0, 0.05) is 24.5 Å². The molecule has 1 N–H and O–H groups in total. The van der Waals surface area contributed by atoms with Crippen molar-refractivity contribution in [3.63, 3.8) is 0 Å². The molecule has 6 heteroatoms. The molecule has 0 saturated heterocycles. The topological polar surface area (TPSA) is 60.0 Å². The maximum atomic E-state index is 11.3. The van der Waals surface area contributed by atoms with Crippen molar-refractivity contribution in [2.75, 3.05) is 38.1 Å². The molecule has 0 unspecified atom stereocenters. The number of benzene rings is 2. The summed E-state index contributed by atoms with van der Waals surface area (Å²) in [5.74, 6) is 1.52. The molecule has 6 nitrogen and oxygen atoms in total. The van der Waals surface area contributed by atoms with Gasteiger partial charge in [-0.1, -0.05) is 0 Å². The maximum Gasteiger partial charge on any atom is 0.411 e. The number of hydrogen-bond acceptors (Lipinski definition) is 5. The smallest absolute Gasteiger partial charge is 0.411 e. The van der Waals surface area contributed by atoms with Crippen LogP contribution in [0.1, 0.15) is 11.1 Å². The van der Waals surface area contributed by atoms with E-state index in [1.165, 1.54) is 18.2 Å². The molecule has 2 aromatic rings. The van der Waals surface area contributed by atoms with E-state index in [-0.39, 0.29) is 0 Å². The zero-order valence-corrected chi connectivity index (χ0v) is 14.7. The summed E-state index contributed by atoms with van der Waals surface area (Å²) in [7, 11) is 4.65. The van der Waals surface area contributed by atoms with Gasteiger partial charge < -0.3 is 19.1 Å². The molecule has 3 rings (SSSR count). The van der Waals surface area contributed by atoms with Crippen molar-refractivity contribution in [1.82, 2.24) is 0 Å². The molecule has 25 heavy (non-hydrogen) atoms. The first-order chi connectivity index (χ1) is 12.1. The van der Waals surface area contributed by atoms with E-state index in [9.17, 15) is 4.79 Å². The van der Waals surface area contributed by atoms with Crippen molar-refractivity contribution < 1.29 is 19.0 Å². The third-order valence-electron chi connectivity index (χ3n) is 4.38. The monoisotopic (exact) mass is 342 g/mol. The molecule has 2 aromatic carbocycles. The number of ether oxygens (including phenoxy) is 3. The van der Waals surface area contributed by atoms with Crippen LogP contribution in [0.2, 0.25) is 0 Å². The number of carbonyl (C=O) groups is 1. The largest absolute Gasteiger partial charge is 0.493 e. The van der Waals surface area contributed by atoms with Crippen molar-refractivity contribution in [2.45, 2.75) is 13.0 Å². The Balaban J connectivity index is 1.77. The van der Waals surface area contributed by atoms with E-state index in [1.54, 1.807) is 14.2 Å². The second-order valence-electron chi connectivity index (χ2n) is 5.81. The highest BCUT2D eigenvalue weighted by Gasteiger charge is 2.19. The van der Waals surface area contributed by atoms with Crippen LogP contribution in [0, 0.1) is 0 Å². The van der Waals surface area contributed by atoms with Crippen LogP contribution in [0.15, 0.2) is 36.4 Å². The van der Waals surface area contributed by atoms with E-state index < -0.39 is 6.09 Å². The molecular weight excluding hydrogens is 320 g/mol. The van der Waals surface area contributed by atoms with Crippen molar-refractivity contribution in [2.24, 2.45) is 0 Å². The summed E-state index contributed by atoms with van der Waals surface area (Å²) in [6, 6.07) is 11.9. The number of carbonyl (C=O) groups excluding carboxylic acids is 1. The molecule has 0 atom stereocenters. The third-order valence-corrected chi connectivity index (χ3v) is 4.38. The van der Waals surface area contributed by atoms with Crippen LogP contribution in [-0.4, -0.2) is 34.0 Å². The third kappa shape index (κ3) is 3.63. The fourth-order valence-corrected chi connectivity index (χ4v) is 3.03. The fraction of sp³-hybridized carbons (Fsp3) is 0.316. The van der Waals surface area contributed by atoms with Crippen LogP contribution in [0.3, 0.4) is 0 Å². The van der Waals surface area contributed by atoms with Crippen molar-refractivity contribution in [3.8, 4) is 11.5 Å². The van der Waals surface area contributed by atoms with Crippen LogP contribution in [-0.2, 0) is 17.7 Å². The lowest BCUT2D eigenvalue weighted by Gasteiger charge is -2.31. The number of nitrogens with one attached hydrogen (secondary N) is 1. The van der Waals surface area contributed by atoms with Gasteiger partial charge in [0.2, 0.25) is 0 Å². The second kappa shape index (κ2) is 7.34. The molecule has 1 heterocycles. The summed E-state index contributed by atoms with van der Waals surface area (Å²) in [5, 5.41) is 2.66. The molecule has 0 aliphatic carbocycles. The first-order valence-electron chi connectivity index (χ1n) is 8.08. The van der Waals surface area contributed by atoms with Crippen LogP contribution in [0.5, 0.6) is 11.5 Å². The minimum Gasteiger partial charge on any atom is -0.493 e. The van der Waals surface area contributed by atoms with Gasteiger partial charge in [0.25, 0.3) is 0 Å². The standard InChI is InChI=1S/C19H22N2O4/c1-23-17-10-13-8-9-21(12-14(13)11-18(17)24-2)16-6-4-15(5-7-16)20-19(22)25-3/h4-7,10-11H,8-9,12H2,1-3H3,(H,20,22). The fourth-order valence-electron chi connectivity index (χ4n) is 3.03. The lowest BCUT2D eigenvalue weighted by molar-refractivity contribution is 0.187. The SMILES string of the molecule is COC(=O)Nc1ccc(N2CCc3cc(OC)c(OC)cc3C2)cc1. The normalized spacial score (nSPS) is 13.0. The molecule has 1 amide bonds. The minimum absolute atomic E-state index is 0.472. The molecule has 132 valence electrons. The Hall–Kier alpha value is -2.89. The van der Waals surface area contributed by atoms with E-state index >= 15 is 0 Å². The van der Waals surface area contributed by atoms with Crippen LogP contribution >= 0.6 is 0 Å². The minimum atomic E-state index is -0.472. The van der Waals surface area contributed by atoms with Gasteiger partial charge in [-0.3, -0.25) is 5.32 Å². The van der Waals surface area contributed by atoms with Crippen LogP contribution in [0.4, 0.5) is 16.2 Å². The highest BCUT2D eigenvalue weighted by Crippen LogP contribution is 2.34. The Bertz CT molecular complexity index is 759. The first kappa shape index (κ1) is 17.0. The molecule has 0 saturated carbocycles. The number of rotatable bonds is 4. The zero-order chi connectivity index (χ0) is 17.8. The molecule has 0 fully saturated rings. The van der Waals surface area contributed by atoms with Gasteiger partial charge in [-0.15, -0.1) is 0 Å². The van der Waals surface area contributed by atoms with E-state index in [2.05, 4.69) is 21.0 Å². The van der Waals surface area contributed by atoms with Gasteiger partial charge >= 0.3 is 6.09 Å². The Morgan fingerprint density at radius 3 is 2.24 bits per heavy atom. The number of anilines is 2. The van der Waals surface area contributed by atoms with E-state index in [4.69, 9.17) is 9.47 Å². The van der Waals surface area contributed by atoms with E-state index in [1.807, 2.05) is 30.3 Å². The van der Waals surface area contributed by atoms with E-state index in [0.717, 1.165) is 36.7 Å².